The number of hydrogen-bond acceptors (Lipinski definition) is 3. The average Bonchev–Trinajstić information content (AvgIpc) is 2.47. The van der Waals surface area contributed by atoms with E-state index in [0.29, 0.717) is 5.56 Å². The van der Waals surface area contributed by atoms with Gasteiger partial charge in [-0.1, -0.05) is 28.1 Å². The van der Waals surface area contributed by atoms with E-state index in [4.69, 9.17) is 0 Å². The highest BCUT2D eigenvalue weighted by Crippen LogP contribution is 2.16. The van der Waals surface area contributed by atoms with Crippen LogP contribution in [0.5, 0.6) is 0 Å². The Morgan fingerprint density at radius 2 is 1.86 bits per heavy atom. The third kappa shape index (κ3) is 4.46. The quantitative estimate of drug-likeness (QED) is 0.647. The largest absolute Gasteiger partial charge is 0.378 e. The molecule has 0 aromatic heterocycles. The molecule has 0 fully saturated rings. The molecule has 3 nitrogen and oxygen atoms in total. The van der Waals surface area contributed by atoms with Gasteiger partial charge < -0.3 is 10.2 Å². The van der Waals surface area contributed by atoms with E-state index in [9.17, 15) is 4.79 Å². The van der Waals surface area contributed by atoms with Gasteiger partial charge in [0.2, 0.25) is 0 Å². The lowest BCUT2D eigenvalue weighted by Crippen LogP contribution is -2.08. The van der Waals surface area contributed by atoms with E-state index in [1.807, 2.05) is 55.4 Å². The SMILES string of the molecule is CN(C)c1ccc(N/C=C/C(=O)c2cccc(Br)c2)cc1. The first kappa shape index (κ1) is 15.3. The minimum atomic E-state index is -0.0336. The van der Waals surface area contributed by atoms with Gasteiger partial charge in [-0.25, -0.2) is 0 Å². The van der Waals surface area contributed by atoms with Crippen LogP contribution in [0.4, 0.5) is 11.4 Å². The average molecular weight is 345 g/mol. The molecular weight excluding hydrogens is 328 g/mol. The van der Waals surface area contributed by atoms with Crippen molar-refractivity contribution in [2.24, 2.45) is 0 Å². The van der Waals surface area contributed by atoms with E-state index in [-0.39, 0.29) is 5.78 Å². The maximum absolute atomic E-state index is 12.0. The van der Waals surface area contributed by atoms with Crippen LogP contribution >= 0.6 is 15.9 Å². The maximum atomic E-state index is 12.0. The van der Waals surface area contributed by atoms with E-state index >= 15 is 0 Å². The molecule has 2 aromatic rings. The van der Waals surface area contributed by atoms with Crippen molar-refractivity contribution >= 4 is 33.1 Å². The number of benzene rings is 2. The third-order valence-electron chi connectivity index (χ3n) is 2.98. The number of allylic oxidation sites excluding steroid dienone is 1. The van der Waals surface area contributed by atoms with E-state index in [1.54, 1.807) is 18.3 Å². The Labute approximate surface area is 133 Å². The van der Waals surface area contributed by atoms with Crippen molar-refractivity contribution in [3.05, 3.63) is 70.8 Å². The zero-order chi connectivity index (χ0) is 15.2. The molecule has 0 atom stereocenters. The van der Waals surface area contributed by atoms with Crippen molar-refractivity contribution in [2.45, 2.75) is 0 Å². The summed E-state index contributed by atoms with van der Waals surface area (Å²) in [5.74, 6) is -0.0336. The predicted molar refractivity (Wildman–Crippen MR) is 92.0 cm³/mol. The van der Waals surface area contributed by atoms with E-state index < -0.39 is 0 Å². The number of nitrogens with zero attached hydrogens (tertiary/aromatic N) is 1. The van der Waals surface area contributed by atoms with E-state index in [0.717, 1.165) is 15.8 Å². The summed E-state index contributed by atoms with van der Waals surface area (Å²) in [6, 6.07) is 15.3. The molecule has 0 aliphatic heterocycles. The molecule has 0 unspecified atom stereocenters. The molecule has 0 heterocycles. The number of nitrogens with one attached hydrogen (secondary N) is 1. The number of anilines is 2. The predicted octanol–water partition coefficient (Wildman–Crippen LogP) is 4.32. The number of carbonyl (C=O) groups excluding carboxylic acids is 1. The minimum Gasteiger partial charge on any atom is -0.378 e. The molecule has 4 heteroatoms. The molecule has 21 heavy (non-hydrogen) atoms. The maximum Gasteiger partial charge on any atom is 0.187 e. The fourth-order valence-electron chi connectivity index (χ4n) is 1.81. The number of hydrogen-bond donors (Lipinski definition) is 1. The van der Waals surface area contributed by atoms with Gasteiger partial charge in [0.05, 0.1) is 0 Å². The second-order valence-corrected chi connectivity index (χ2v) is 5.71. The Bertz CT molecular complexity index is 648. The zero-order valence-corrected chi connectivity index (χ0v) is 13.6. The van der Waals surface area contributed by atoms with Gasteiger partial charge in [-0.05, 0) is 36.4 Å². The van der Waals surface area contributed by atoms with Crippen LogP contribution in [0.15, 0.2) is 65.3 Å². The molecule has 0 saturated heterocycles. The highest BCUT2D eigenvalue weighted by atomic mass is 79.9. The molecule has 0 aliphatic carbocycles. The summed E-state index contributed by atoms with van der Waals surface area (Å²) in [6.45, 7) is 0. The summed E-state index contributed by atoms with van der Waals surface area (Å²) in [6.07, 6.45) is 3.19. The van der Waals surface area contributed by atoms with Gasteiger partial charge in [0.25, 0.3) is 0 Å². The highest BCUT2D eigenvalue weighted by molar-refractivity contribution is 9.10. The summed E-state index contributed by atoms with van der Waals surface area (Å²) in [5.41, 5.74) is 2.74. The highest BCUT2D eigenvalue weighted by Gasteiger charge is 2.01. The Balaban J connectivity index is 1.97. The first-order valence-electron chi connectivity index (χ1n) is 6.56. The molecule has 0 saturated carbocycles. The number of carbonyl (C=O) groups is 1. The van der Waals surface area contributed by atoms with Crippen LogP contribution in [-0.2, 0) is 0 Å². The van der Waals surface area contributed by atoms with Crippen LogP contribution < -0.4 is 10.2 Å². The number of rotatable bonds is 5. The topological polar surface area (TPSA) is 32.3 Å². The summed E-state index contributed by atoms with van der Waals surface area (Å²) in [5, 5.41) is 3.09. The zero-order valence-electron chi connectivity index (χ0n) is 12.0. The van der Waals surface area contributed by atoms with Crippen LogP contribution in [0.25, 0.3) is 0 Å². The normalized spacial score (nSPS) is 10.6. The van der Waals surface area contributed by atoms with Crippen molar-refractivity contribution in [3.8, 4) is 0 Å². The standard InChI is InChI=1S/C17H17BrN2O/c1-20(2)16-8-6-15(7-9-16)19-11-10-17(21)13-4-3-5-14(18)12-13/h3-12,19H,1-2H3/b11-10+. The number of halogens is 1. The van der Waals surface area contributed by atoms with E-state index in [1.165, 1.54) is 6.08 Å². The molecule has 0 aliphatic rings. The summed E-state index contributed by atoms with van der Waals surface area (Å²) in [4.78, 5) is 14.0. The van der Waals surface area contributed by atoms with Gasteiger partial charge in [-0.2, -0.15) is 0 Å². The van der Waals surface area contributed by atoms with Crippen molar-refractivity contribution in [1.82, 2.24) is 0 Å². The van der Waals surface area contributed by atoms with Gasteiger partial charge in [0.1, 0.15) is 0 Å². The van der Waals surface area contributed by atoms with Gasteiger partial charge in [-0.3, -0.25) is 4.79 Å². The molecule has 1 N–H and O–H groups in total. The molecule has 0 amide bonds. The van der Waals surface area contributed by atoms with Crippen molar-refractivity contribution in [1.29, 1.82) is 0 Å². The van der Waals surface area contributed by atoms with Crippen molar-refractivity contribution < 1.29 is 4.79 Å². The van der Waals surface area contributed by atoms with Crippen molar-refractivity contribution in [2.75, 3.05) is 24.3 Å². The van der Waals surface area contributed by atoms with Crippen LogP contribution in [0, 0.1) is 0 Å². The van der Waals surface area contributed by atoms with Gasteiger partial charge in [-0.15, -0.1) is 0 Å². The van der Waals surface area contributed by atoms with Crippen LogP contribution in [0.2, 0.25) is 0 Å². The minimum absolute atomic E-state index is 0.0336. The molecule has 0 radical (unpaired) electrons. The lowest BCUT2D eigenvalue weighted by molar-refractivity contribution is 0.104. The van der Waals surface area contributed by atoms with Crippen LogP contribution in [-0.4, -0.2) is 19.9 Å². The summed E-state index contributed by atoms with van der Waals surface area (Å²) in [7, 11) is 4.00. The molecule has 108 valence electrons. The monoisotopic (exact) mass is 344 g/mol. The summed E-state index contributed by atoms with van der Waals surface area (Å²) < 4.78 is 0.897. The fraction of sp³-hybridized carbons (Fsp3) is 0.118. The second kappa shape index (κ2) is 7.09. The fourth-order valence-corrected chi connectivity index (χ4v) is 2.21. The molecular formula is C17H17BrN2O. The first-order chi connectivity index (χ1) is 10.1. The Hall–Kier alpha value is -2.07. The van der Waals surface area contributed by atoms with Crippen molar-refractivity contribution in [3.63, 3.8) is 0 Å². The van der Waals surface area contributed by atoms with Gasteiger partial charge in [0.15, 0.2) is 5.78 Å². The van der Waals surface area contributed by atoms with Gasteiger partial charge >= 0.3 is 0 Å². The molecule has 0 spiro atoms. The molecule has 2 rings (SSSR count). The van der Waals surface area contributed by atoms with Crippen LogP contribution in [0.3, 0.4) is 0 Å². The third-order valence-corrected chi connectivity index (χ3v) is 3.47. The lowest BCUT2D eigenvalue weighted by Gasteiger charge is -2.12. The summed E-state index contributed by atoms with van der Waals surface area (Å²) >= 11 is 3.36. The Kier molecular flexibility index (Phi) is 5.17. The Morgan fingerprint density at radius 3 is 2.48 bits per heavy atom. The second-order valence-electron chi connectivity index (χ2n) is 4.79. The number of ketones is 1. The van der Waals surface area contributed by atoms with Crippen LogP contribution in [0.1, 0.15) is 10.4 Å². The Morgan fingerprint density at radius 1 is 1.14 bits per heavy atom. The van der Waals surface area contributed by atoms with E-state index in [2.05, 4.69) is 21.2 Å². The molecule has 2 aromatic carbocycles. The molecule has 0 bridgehead atoms. The first-order valence-corrected chi connectivity index (χ1v) is 7.36. The lowest BCUT2D eigenvalue weighted by atomic mass is 10.1. The van der Waals surface area contributed by atoms with Gasteiger partial charge in [0, 0.05) is 47.8 Å². The smallest absolute Gasteiger partial charge is 0.187 e.